The van der Waals surface area contributed by atoms with E-state index >= 15 is 0 Å². The maximum atomic E-state index is 12.9. The molecule has 0 amide bonds. The van der Waals surface area contributed by atoms with Gasteiger partial charge in [-0.3, -0.25) is 14.4 Å². The Morgan fingerprint density at radius 3 is 0.793 bits per heavy atom. The number of allylic oxidation sites excluding steroid dienone is 20. The number of rotatable bonds is 62. The van der Waals surface area contributed by atoms with Crippen LogP contribution in [0, 0.1) is 0 Å². The Morgan fingerprint density at radius 1 is 0.256 bits per heavy atom. The van der Waals surface area contributed by atoms with Gasteiger partial charge in [0, 0.05) is 19.3 Å². The van der Waals surface area contributed by atoms with Gasteiger partial charge in [0.05, 0.1) is 0 Å². The summed E-state index contributed by atoms with van der Waals surface area (Å²) in [5.74, 6) is -0.900. The normalized spacial score (nSPS) is 12.9. The predicted octanol–water partition coefficient (Wildman–Crippen LogP) is 23.9. The average molecular weight is 1140 g/mol. The van der Waals surface area contributed by atoms with Crippen molar-refractivity contribution in [1.82, 2.24) is 0 Å². The zero-order valence-corrected chi connectivity index (χ0v) is 53.7. The van der Waals surface area contributed by atoms with Crippen molar-refractivity contribution in [2.75, 3.05) is 13.2 Å². The molecular formula is C76H128O6. The summed E-state index contributed by atoms with van der Waals surface area (Å²) in [5.41, 5.74) is 0. The molecule has 0 N–H and O–H groups in total. The molecule has 0 rings (SSSR count). The van der Waals surface area contributed by atoms with Crippen LogP contribution in [-0.4, -0.2) is 37.2 Å². The van der Waals surface area contributed by atoms with Crippen LogP contribution in [0.4, 0.5) is 0 Å². The van der Waals surface area contributed by atoms with Gasteiger partial charge in [-0.25, -0.2) is 0 Å². The van der Waals surface area contributed by atoms with Gasteiger partial charge >= 0.3 is 17.9 Å². The van der Waals surface area contributed by atoms with Gasteiger partial charge in [-0.1, -0.05) is 296 Å². The Kier molecular flexibility index (Phi) is 65.8. The number of hydrogen-bond donors (Lipinski definition) is 0. The van der Waals surface area contributed by atoms with Crippen LogP contribution < -0.4 is 0 Å². The molecule has 0 bridgehead atoms. The molecule has 468 valence electrons. The summed E-state index contributed by atoms with van der Waals surface area (Å²) >= 11 is 0. The van der Waals surface area contributed by atoms with Crippen molar-refractivity contribution in [2.24, 2.45) is 0 Å². The van der Waals surface area contributed by atoms with E-state index in [0.717, 1.165) is 141 Å². The summed E-state index contributed by atoms with van der Waals surface area (Å²) in [4.78, 5) is 38.4. The van der Waals surface area contributed by atoms with E-state index in [4.69, 9.17) is 14.2 Å². The van der Waals surface area contributed by atoms with Crippen LogP contribution in [0.15, 0.2) is 122 Å². The Balaban J connectivity index is 4.23. The van der Waals surface area contributed by atoms with E-state index in [2.05, 4.69) is 142 Å². The average Bonchev–Trinajstić information content (AvgIpc) is 3.47. The van der Waals surface area contributed by atoms with Crippen molar-refractivity contribution >= 4 is 17.9 Å². The quantitative estimate of drug-likeness (QED) is 0.0261. The molecule has 0 aromatic carbocycles. The van der Waals surface area contributed by atoms with E-state index in [1.165, 1.54) is 141 Å². The third-order valence-corrected chi connectivity index (χ3v) is 14.7. The lowest BCUT2D eigenvalue weighted by Gasteiger charge is -2.18. The van der Waals surface area contributed by atoms with Crippen LogP contribution >= 0.6 is 0 Å². The third kappa shape index (κ3) is 66.6. The van der Waals surface area contributed by atoms with Crippen LogP contribution in [-0.2, 0) is 28.6 Å². The maximum Gasteiger partial charge on any atom is 0.306 e. The molecular weight excluding hydrogens is 1010 g/mol. The highest BCUT2D eigenvalue weighted by atomic mass is 16.6. The number of unbranched alkanes of at least 4 members (excludes halogenated alkanes) is 31. The summed E-state index contributed by atoms with van der Waals surface area (Å²) in [6, 6.07) is 0. The molecule has 0 saturated heterocycles. The Morgan fingerprint density at radius 2 is 0.500 bits per heavy atom. The summed E-state index contributed by atoms with van der Waals surface area (Å²) in [6.07, 6.45) is 96.5. The van der Waals surface area contributed by atoms with E-state index in [-0.39, 0.29) is 31.1 Å². The first-order valence-corrected chi connectivity index (χ1v) is 34.5. The van der Waals surface area contributed by atoms with E-state index in [9.17, 15) is 14.4 Å². The minimum atomic E-state index is -0.791. The van der Waals surface area contributed by atoms with Crippen LogP contribution in [0.5, 0.6) is 0 Å². The Bertz CT molecular complexity index is 1690. The summed E-state index contributed by atoms with van der Waals surface area (Å²) in [5, 5.41) is 0. The predicted molar refractivity (Wildman–Crippen MR) is 357 cm³/mol. The zero-order valence-electron chi connectivity index (χ0n) is 53.7. The molecule has 0 saturated carbocycles. The lowest BCUT2D eigenvalue weighted by Crippen LogP contribution is -2.30. The van der Waals surface area contributed by atoms with E-state index < -0.39 is 6.10 Å². The van der Waals surface area contributed by atoms with Crippen LogP contribution in [0.3, 0.4) is 0 Å². The maximum absolute atomic E-state index is 12.9. The van der Waals surface area contributed by atoms with Gasteiger partial charge < -0.3 is 14.2 Å². The Labute approximate surface area is 507 Å². The fourth-order valence-corrected chi connectivity index (χ4v) is 9.52. The standard InChI is InChI=1S/C76H128O6/c1-4-7-10-13-16-19-22-25-27-29-31-32-33-34-35-36-37-38-39-40-41-42-43-44-45-47-48-51-54-57-60-63-66-69-75(78)81-72-73(71-80-74(77)68-65-62-59-56-53-50-24-21-18-15-12-9-6-3)82-76(79)70-67-64-61-58-55-52-49-46-30-28-26-23-20-17-14-11-8-5-2/h7,10,12,15-16,19-21,23-25,27-28,30-32,34-35,37-38,73H,4-6,8-9,11,13-14,17-18,22,26,29,33,36,39-72H2,1-3H3/b10-7-,15-12-,19-16-,23-20-,24-21-,27-25-,30-28-,32-31-,35-34-,38-37-. The zero-order chi connectivity index (χ0) is 59.2. The molecule has 0 spiro atoms. The molecule has 0 heterocycles. The number of hydrogen-bond acceptors (Lipinski definition) is 6. The smallest absolute Gasteiger partial charge is 0.306 e. The first-order chi connectivity index (χ1) is 40.5. The van der Waals surface area contributed by atoms with Gasteiger partial charge in [-0.2, -0.15) is 0 Å². The molecule has 0 aliphatic rings. The van der Waals surface area contributed by atoms with Crippen LogP contribution in [0.1, 0.15) is 323 Å². The van der Waals surface area contributed by atoms with Gasteiger partial charge in [-0.15, -0.1) is 0 Å². The Hall–Kier alpha value is -4.19. The van der Waals surface area contributed by atoms with Gasteiger partial charge in [0.15, 0.2) is 6.10 Å². The third-order valence-electron chi connectivity index (χ3n) is 14.7. The van der Waals surface area contributed by atoms with Crippen molar-refractivity contribution < 1.29 is 28.6 Å². The van der Waals surface area contributed by atoms with Crippen molar-refractivity contribution in [3.8, 4) is 0 Å². The fraction of sp³-hybridized carbons (Fsp3) is 0.697. The molecule has 0 aliphatic carbocycles. The second-order valence-electron chi connectivity index (χ2n) is 22.7. The summed E-state index contributed by atoms with van der Waals surface area (Å²) in [7, 11) is 0. The summed E-state index contributed by atoms with van der Waals surface area (Å²) in [6.45, 7) is 6.45. The molecule has 0 aromatic heterocycles. The van der Waals surface area contributed by atoms with Gasteiger partial charge in [0.1, 0.15) is 13.2 Å². The lowest BCUT2D eigenvalue weighted by atomic mass is 10.0. The molecule has 6 nitrogen and oxygen atoms in total. The van der Waals surface area contributed by atoms with Crippen LogP contribution in [0.25, 0.3) is 0 Å². The van der Waals surface area contributed by atoms with E-state index in [1.807, 2.05) is 0 Å². The number of carbonyl (C=O) groups excluding carboxylic acids is 3. The number of esters is 3. The summed E-state index contributed by atoms with van der Waals surface area (Å²) < 4.78 is 16.9. The molecule has 1 unspecified atom stereocenters. The minimum absolute atomic E-state index is 0.0859. The van der Waals surface area contributed by atoms with Crippen molar-refractivity contribution in [3.05, 3.63) is 122 Å². The highest BCUT2D eigenvalue weighted by Crippen LogP contribution is 2.16. The molecule has 1 atom stereocenters. The second kappa shape index (κ2) is 69.3. The first kappa shape index (κ1) is 77.8. The van der Waals surface area contributed by atoms with Crippen LogP contribution in [0.2, 0.25) is 0 Å². The molecule has 0 aliphatic heterocycles. The molecule has 0 aromatic rings. The highest BCUT2D eigenvalue weighted by molar-refractivity contribution is 5.71. The van der Waals surface area contributed by atoms with E-state index in [1.54, 1.807) is 0 Å². The van der Waals surface area contributed by atoms with Crippen molar-refractivity contribution in [1.29, 1.82) is 0 Å². The molecule has 0 radical (unpaired) electrons. The lowest BCUT2D eigenvalue weighted by molar-refractivity contribution is -0.167. The molecule has 6 heteroatoms. The largest absolute Gasteiger partial charge is 0.462 e. The topological polar surface area (TPSA) is 78.9 Å². The minimum Gasteiger partial charge on any atom is -0.462 e. The number of carbonyl (C=O) groups is 3. The fourth-order valence-electron chi connectivity index (χ4n) is 9.52. The second-order valence-corrected chi connectivity index (χ2v) is 22.7. The highest BCUT2D eigenvalue weighted by Gasteiger charge is 2.19. The van der Waals surface area contributed by atoms with Crippen molar-refractivity contribution in [2.45, 2.75) is 329 Å². The molecule has 82 heavy (non-hydrogen) atoms. The van der Waals surface area contributed by atoms with Crippen molar-refractivity contribution in [3.63, 3.8) is 0 Å². The van der Waals surface area contributed by atoms with Gasteiger partial charge in [-0.05, 0) is 128 Å². The van der Waals surface area contributed by atoms with Gasteiger partial charge in [0.2, 0.25) is 0 Å². The monoisotopic (exact) mass is 1140 g/mol. The van der Waals surface area contributed by atoms with E-state index in [0.29, 0.717) is 19.3 Å². The number of ether oxygens (including phenoxy) is 3. The first-order valence-electron chi connectivity index (χ1n) is 34.5. The van der Waals surface area contributed by atoms with Gasteiger partial charge in [0.25, 0.3) is 0 Å². The molecule has 0 fully saturated rings. The SMILES string of the molecule is CC/C=C\C/C=C\C/C=C\C/C=C\C/C=C\C/C=C\CCCCCCCCCCCCCCCCC(=O)OCC(COC(=O)CCCCCCC/C=C\C/C=C\CCC)OC(=O)CCCCCCCCC/C=C\C/C=C\CCCCCC.